The third kappa shape index (κ3) is 4.31. The first-order chi connectivity index (χ1) is 3.85. The van der Waals surface area contributed by atoms with Crippen molar-refractivity contribution in [3.63, 3.8) is 0 Å². The zero-order valence-electron chi connectivity index (χ0n) is 4.86. The molecule has 0 spiro atoms. The fourth-order valence-electron chi connectivity index (χ4n) is 0.380. The van der Waals surface area contributed by atoms with Crippen LogP contribution in [0.5, 0.6) is 0 Å². The first-order valence-corrected chi connectivity index (χ1v) is 5.55. The predicted octanol–water partition coefficient (Wildman–Crippen LogP) is 2.26. The highest BCUT2D eigenvalue weighted by Crippen LogP contribution is 2.03. The van der Waals surface area contributed by atoms with Gasteiger partial charge in [0.05, 0.1) is 6.10 Å². The van der Waals surface area contributed by atoms with Crippen molar-refractivity contribution >= 4 is 45.2 Å². The van der Waals surface area contributed by atoms with E-state index < -0.39 is 0 Å². The molecule has 0 radical (unpaired) electrons. The van der Waals surface area contributed by atoms with Gasteiger partial charge in [0.15, 0.2) is 0 Å². The van der Waals surface area contributed by atoms with Gasteiger partial charge in [-0.1, -0.05) is 45.2 Å². The van der Waals surface area contributed by atoms with Crippen LogP contribution < -0.4 is 0 Å². The second-order valence-corrected chi connectivity index (χ2v) is 3.45. The number of alkyl halides is 2. The molecule has 0 bridgehead atoms. The molecule has 0 rings (SSSR count). The van der Waals surface area contributed by atoms with E-state index in [0.29, 0.717) is 6.10 Å². The molecule has 0 aromatic rings. The molecule has 0 heterocycles. The molecule has 50 valence electrons. The van der Waals surface area contributed by atoms with Crippen molar-refractivity contribution in [2.24, 2.45) is 0 Å². The normalized spacial score (nSPS) is 13.9. The number of halogens is 2. The summed E-state index contributed by atoms with van der Waals surface area (Å²) in [7, 11) is 1.77. The van der Waals surface area contributed by atoms with E-state index >= 15 is 0 Å². The molecular formula is C5H10I2O. The third-order valence-corrected chi connectivity index (χ3v) is 2.54. The molecule has 8 heavy (non-hydrogen) atoms. The summed E-state index contributed by atoms with van der Waals surface area (Å²) >= 11 is 4.71. The van der Waals surface area contributed by atoms with E-state index in [9.17, 15) is 0 Å². The van der Waals surface area contributed by atoms with Crippen LogP contribution in [0.2, 0.25) is 0 Å². The number of hydrogen-bond donors (Lipinski definition) is 0. The van der Waals surface area contributed by atoms with E-state index in [0.717, 1.165) is 4.43 Å². The Morgan fingerprint density at radius 2 is 2.12 bits per heavy atom. The smallest absolute Gasteiger partial charge is 0.0668 e. The molecule has 1 atom stereocenters. The molecule has 0 N–H and O–H groups in total. The molecule has 0 fully saturated rings. The van der Waals surface area contributed by atoms with Crippen LogP contribution >= 0.6 is 45.2 Å². The van der Waals surface area contributed by atoms with Gasteiger partial charge in [-0.15, -0.1) is 0 Å². The fraction of sp³-hybridized carbons (Fsp3) is 1.00. The highest BCUT2D eigenvalue weighted by molar-refractivity contribution is 14.1. The van der Waals surface area contributed by atoms with Crippen LogP contribution in [0.3, 0.4) is 0 Å². The summed E-state index contributed by atoms with van der Waals surface area (Å²) in [6, 6.07) is 0. The Morgan fingerprint density at radius 3 is 2.25 bits per heavy atom. The Morgan fingerprint density at radius 1 is 1.50 bits per heavy atom. The monoisotopic (exact) mass is 340 g/mol. The summed E-state index contributed by atoms with van der Waals surface area (Å²) in [5, 5.41) is 0. The van der Waals surface area contributed by atoms with Crippen molar-refractivity contribution in [3.8, 4) is 0 Å². The lowest BCUT2D eigenvalue weighted by atomic mass is 10.3. The molecule has 3 heteroatoms. The largest absolute Gasteiger partial charge is 0.381 e. The fourth-order valence-corrected chi connectivity index (χ4v) is 1.87. The lowest BCUT2D eigenvalue weighted by Gasteiger charge is -2.08. The zero-order valence-corrected chi connectivity index (χ0v) is 9.18. The maximum Gasteiger partial charge on any atom is 0.0668 e. The molecule has 1 nitrogen and oxygen atoms in total. The molecule has 0 aliphatic carbocycles. The number of methoxy groups -OCH3 is 1. The van der Waals surface area contributed by atoms with Gasteiger partial charge in [-0.3, -0.25) is 0 Å². The van der Waals surface area contributed by atoms with E-state index in [4.69, 9.17) is 4.74 Å². The summed E-state index contributed by atoms with van der Waals surface area (Å²) in [5.41, 5.74) is 0. The highest BCUT2D eigenvalue weighted by Gasteiger charge is 2.01. The third-order valence-electron chi connectivity index (χ3n) is 0.937. The lowest BCUT2D eigenvalue weighted by molar-refractivity contribution is 0.123. The minimum Gasteiger partial charge on any atom is -0.381 e. The minimum atomic E-state index is 0.479. The van der Waals surface area contributed by atoms with Crippen molar-refractivity contribution in [1.29, 1.82) is 0 Å². The van der Waals surface area contributed by atoms with Crippen LogP contribution in [-0.2, 0) is 4.74 Å². The van der Waals surface area contributed by atoms with Crippen LogP contribution in [0, 0.1) is 0 Å². The molecule has 0 saturated carbocycles. The molecule has 0 aliphatic rings. The SMILES string of the molecule is CO[C@H](CI)CCI. The molecule has 0 saturated heterocycles. The van der Waals surface area contributed by atoms with Crippen molar-refractivity contribution in [1.82, 2.24) is 0 Å². The van der Waals surface area contributed by atoms with Crippen molar-refractivity contribution in [3.05, 3.63) is 0 Å². The number of hydrogen-bond acceptors (Lipinski definition) is 1. The topological polar surface area (TPSA) is 9.23 Å². The minimum absolute atomic E-state index is 0.479. The van der Waals surface area contributed by atoms with Crippen LogP contribution in [0.1, 0.15) is 6.42 Å². The Labute approximate surface area is 77.8 Å². The van der Waals surface area contributed by atoms with E-state index in [1.165, 1.54) is 10.8 Å². The van der Waals surface area contributed by atoms with Gasteiger partial charge >= 0.3 is 0 Å². The van der Waals surface area contributed by atoms with Gasteiger partial charge in [-0.25, -0.2) is 0 Å². The van der Waals surface area contributed by atoms with Gasteiger partial charge in [-0.05, 0) is 6.42 Å². The van der Waals surface area contributed by atoms with Crippen LogP contribution in [0.15, 0.2) is 0 Å². The predicted molar refractivity (Wildman–Crippen MR) is 53.2 cm³/mol. The van der Waals surface area contributed by atoms with E-state index in [1.807, 2.05) is 0 Å². The Hall–Kier alpha value is 1.42. The Kier molecular flexibility index (Phi) is 7.70. The van der Waals surface area contributed by atoms with Crippen LogP contribution in [-0.4, -0.2) is 22.1 Å². The second kappa shape index (κ2) is 6.54. The van der Waals surface area contributed by atoms with Crippen molar-refractivity contribution in [2.75, 3.05) is 16.0 Å². The van der Waals surface area contributed by atoms with E-state index in [1.54, 1.807) is 7.11 Å². The summed E-state index contributed by atoms with van der Waals surface area (Å²) in [6.45, 7) is 0. The molecule has 0 aromatic carbocycles. The van der Waals surface area contributed by atoms with Gasteiger partial charge in [-0.2, -0.15) is 0 Å². The maximum atomic E-state index is 5.13. The zero-order chi connectivity index (χ0) is 6.41. The maximum absolute atomic E-state index is 5.13. The summed E-state index contributed by atoms with van der Waals surface area (Å²) in [5.74, 6) is 0. The summed E-state index contributed by atoms with van der Waals surface area (Å²) in [6.07, 6.45) is 1.66. The van der Waals surface area contributed by atoms with Gasteiger partial charge in [0, 0.05) is 16.0 Å². The number of ether oxygens (including phenoxy) is 1. The van der Waals surface area contributed by atoms with Gasteiger partial charge in [0.2, 0.25) is 0 Å². The van der Waals surface area contributed by atoms with Crippen LogP contribution in [0.25, 0.3) is 0 Å². The molecule has 0 aliphatic heterocycles. The van der Waals surface area contributed by atoms with E-state index in [-0.39, 0.29) is 0 Å². The second-order valence-electron chi connectivity index (χ2n) is 1.49. The summed E-state index contributed by atoms with van der Waals surface area (Å²) < 4.78 is 7.43. The number of rotatable bonds is 4. The van der Waals surface area contributed by atoms with Gasteiger partial charge in [0.1, 0.15) is 0 Å². The standard InChI is InChI=1S/C5H10I2O/c1-8-5(4-7)2-3-6/h5H,2-4H2,1H3/t5-/m0/s1. The lowest BCUT2D eigenvalue weighted by Crippen LogP contribution is -2.11. The molecule has 0 amide bonds. The summed E-state index contributed by atoms with van der Waals surface area (Å²) in [4.78, 5) is 0. The van der Waals surface area contributed by atoms with Crippen molar-refractivity contribution in [2.45, 2.75) is 12.5 Å². The molecular weight excluding hydrogens is 330 g/mol. The first kappa shape index (κ1) is 9.42. The average Bonchev–Trinajstić information content (AvgIpc) is 1.83. The highest BCUT2D eigenvalue weighted by atomic mass is 127. The van der Waals surface area contributed by atoms with Gasteiger partial charge in [0.25, 0.3) is 0 Å². The average molecular weight is 340 g/mol. The first-order valence-electron chi connectivity index (χ1n) is 2.49. The Balaban J connectivity index is 3.07. The van der Waals surface area contributed by atoms with Gasteiger partial charge < -0.3 is 4.74 Å². The Bertz CT molecular complexity index is 45.7. The molecule has 0 unspecified atom stereocenters. The molecule has 0 aromatic heterocycles. The quantitative estimate of drug-likeness (QED) is 0.564. The van der Waals surface area contributed by atoms with E-state index in [2.05, 4.69) is 45.2 Å². The van der Waals surface area contributed by atoms with Crippen LogP contribution in [0.4, 0.5) is 0 Å². The van der Waals surface area contributed by atoms with Crippen molar-refractivity contribution < 1.29 is 4.74 Å².